The fourth-order valence-electron chi connectivity index (χ4n) is 5.02. The molecule has 1 heterocycles. The van der Waals surface area contributed by atoms with Crippen LogP contribution >= 0.6 is 0 Å². The molecule has 0 aromatic carbocycles. The Kier molecular flexibility index (Phi) is 3.68. The minimum absolute atomic E-state index is 0.0842. The summed E-state index contributed by atoms with van der Waals surface area (Å²) in [4.78, 5) is 20.5. The van der Waals surface area contributed by atoms with Gasteiger partial charge >= 0.3 is 0 Å². The fourth-order valence-corrected chi connectivity index (χ4v) is 5.02. The molecule has 1 aromatic heterocycles. The molecule has 0 radical (unpaired) electrons. The van der Waals surface area contributed by atoms with E-state index in [1.807, 2.05) is 0 Å². The number of carbonyl (C=O) groups is 1. The van der Waals surface area contributed by atoms with Gasteiger partial charge in [-0.25, -0.2) is 4.98 Å². The first kappa shape index (κ1) is 16.6. The lowest BCUT2D eigenvalue weighted by Gasteiger charge is -2.69. The van der Waals surface area contributed by atoms with Gasteiger partial charge in [-0.1, -0.05) is 13.8 Å². The zero-order valence-corrected chi connectivity index (χ0v) is 14.9. The van der Waals surface area contributed by atoms with Crippen molar-refractivity contribution in [1.29, 1.82) is 0 Å². The molecule has 0 aliphatic heterocycles. The van der Waals surface area contributed by atoms with E-state index in [0.29, 0.717) is 35.1 Å². The topological polar surface area (TPSA) is 113 Å². The molecule has 0 spiro atoms. The summed E-state index contributed by atoms with van der Waals surface area (Å²) in [6.45, 7) is 4.36. The number of hydrogen-bond acceptors (Lipinski definition) is 6. The molecule has 4 saturated carbocycles. The SMILES string of the molecule is C[C@@H]1CC[C@@H](Nc2nc(NC34CC(C)(C3)C4)ncc2C(N)=O)C[C@H]1O. The number of nitrogens with one attached hydrogen (secondary N) is 2. The number of nitrogens with two attached hydrogens (primary N) is 1. The highest BCUT2D eigenvalue weighted by Crippen LogP contribution is 2.67. The molecule has 3 atom stereocenters. The van der Waals surface area contributed by atoms with E-state index >= 15 is 0 Å². The number of anilines is 2. The third-order valence-electron chi connectivity index (χ3n) is 6.22. The number of aliphatic hydroxyl groups excluding tert-OH is 1. The number of aliphatic hydroxyl groups is 1. The Morgan fingerprint density at radius 1 is 1.36 bits per heavy atom. The van der Waals surface area contributed by atoms with Crippen molar-refractivity contribution in [2.45, 2.75) is 70.1 Å². The van der Waals surface area contributed by atoms with E-state index < -0.39 is 5.91 Å². The molecule has 1 amide bonds. The van der Waals surface area contributed by atoms with E-state index in [4.69, 9.17) is 5.73 Å². The number of primary amides is 1. The third kappa shape index (κ3) is 2.94. The third-order valence-corrected chi connectivity index (χ3v) is 6.22. The second-order valence-corrected chi connectivity index (χ2v) is 8.77. The highest BCUT2D eigenvalue weighted by Gasteiger charge is 2.65. The van der Waals surface area contributed by atoms with Crippen LogP contribution in [0.5, 0.6) is 0 Å². The molecule has 2 bridgehead atoms. The van der Waals surface area contributed by atoms with Crippen molar-refractivity contribution >= 4 is 17.7 Å². The molecule has 0 unspecified atom stereocenters. The summed E-state index contributed by atoms with van der Waals surface area (Å²) >= 11 is 0. The summed E-state index contributed by atoms with van der Waals surface area (Å²) in [6, 6.07) is 0.0842. The first-order chi connectivity index (χ1) is 11.8. The van der Waals surface area contributed by atoms with Crippen molar-refractivity contribution in [2.75, 3.05) is 10.6 Å². The van der Waals surface area contributed by atoms with Crippen molar-refractivity contribution in [3.8, 4) is 0 Å². The van der Waals surface area contributed by atoms with E-state index in [1.165, 1.54) is 6.20 Å². The predicted octanol–water partition coefficient (Wildman–Crippen LogP) is 1.89. The van der Waals surface area contributed by atoms with Crippen LogP contribution in [0.4, 0.5) is 11.8 Å². The monoisotopic (exact) mass is 345 g/mol. The summed E-state index contributed by atoms with van der Waals surface area (Å²) in [5.41, 5.74) is 6.41. The van der Waals surface area contributed by atoms with Gasteiger partial charge in [-0.15, -0.1) is 0 Å². The molecule has 5 N–H and O–H groups in total. The molecule has 7 heteroatoms. The Bertz CT molecular complexity index is 687. The molecule has 4 fully saturated rings. The molecule has 4 aliphatic rings. The number of nitrogens with zero attached hydrogens (tertiary/aromatic N) is 2. The molecule has 25 heavy (non-hydrogen) atoms. The minimum Gasteiger partial charge on any atom is -0.393 e. The Labute approximate surface area is 147 Å². The number of hydrogen-bond donors (Lipinski definition) is 4. The van der Waals surface area contributed by atoms with Crippen LogP contribution < -0.4 is 16.4 Å². The first-order valence-electron chi connectivity index (χ1n) is 9.17. The van der Waals surface area contributed by atoms with E-state index in [-0.39, 0.29) is 17.7 Å². The molecular formula is C18H27N5O2. The maximum Gasteiger partial charge on any atom is 0.254 e. The van der Waals surface area contributed by atoms with Gasteiger partial charge in [-0.2, -0.15) is 4.98 Å². The first-order valence-corrected chi connectivity index (χ1v) is 9.17. The van der Waals surface area contributed by atoms with Crippen LogP contribution in [0.2, 0.25) is 0 Å². The van der Waals surface area contributed by atoms with Crippen LogP contribution in [0.15, 0.2) is 6.20 Å². The van der Waals surface area contributed by atoms with Crippen LogP contribution in [-0.2, 0) is 0 Å². The van der Waals surface area contributed by atoms with Crippen molar-refractivity contribution in [1.82, 2.24) is 9.97 Å². The molecule has 136 valence electrons. The average molecular weight is 345 g/mol. The van der Waals surface area contributed by atoms with Crippen LogP contribution in [0.25, 0.3) is 0 Å². The normalized spacial score (nSPS) is 39.1. The number of aromatic nitrogens is 2. The minimum atomic E-state index is -0.545. The molecule has 4 aliphatic carbocycles. The summed E-state index contributed by atoms with van der Waals surface area (Å²) in [7, 11) is 0. The van der Waals surface area contributed by atoms with Gasteiger partial charge in [0.1, 0.15) is 5.82 Å². The predicted molar refractivity (Wildman–Crippen MR) is 95.3 cm³/mol. The Morgan fingerprint density at radius 2 is 2.08 bits per heavy atom. The highest BCUT2D eigenvalue weighted by molar-refractivity contribution is 5.97. The Balaban J connectivity index is 1.50. The molecule has 0 saturated heterocycles. The van der Waals surface area contributed by atoms with Gasteiger partial charge < -0.3 is 21.5 Å². The summed E-state index contributed by atoms with van der Waals surface area (Å²) in [5, 5.41) is 16.9. The van der Waals surface area contributed by atoms with Crippen LogP contribution in [-0.4, -0.2) is 38.7 Å². The van der Waals surface area contributed by atoms with Crippen LogP contribution in [0, 0.1) is 11.3 Å². The van der Waals surface area contributed by atoms with E-state index in [0.717, 1.165) is 32.1 Å². The number of rotatable bonds is 5. The Hall–Kier alpha value is -1.89. The molecule has 5 rings (SSSR count). The highest BCUT2D eigenvalue weighted by atomic mass is 16.3. The molecule has 7 nitrogen and oxygen atoms in total. The lowest BCUT2D eigenvalue weighted by molar-refractivity contribution is -0.100. The molecular weight excluding hydrogens is 318 g/mol. The van der Waals surface area contributed by atoms with Gasteiger partial charge in [0.05, 0.1) is 11.7 Å². The second kappa shape index (κ2) is 5.56. The standard InChI is InChI=1S/C18H27N5O2/c1-10-3-4-11(5-13(10)24)21-15-12(14(19)25)6-20-16(22-15)23-18-7-17(2,8-18)9-18/h6,10-11,13,24H,3-5,7-9H2,1-2H3,(H2,19,25)(H2,20,21,22,23)/t10-,11-,13-,17?,18?/m1/s1. The van der Waals surface area contributed by atoms with Crippen LogP contribution in [0.1, 0.15) is 62.7 Å². The Morgan fingerprint density at radius 3 is 2.68 bits per heavy atom. The van der Waals surface area contributed by atoms with Crippen molar-refractivity contribution in [2.24, 2.45) is 17.1 Å². The van der Waals surface area contributed by atoms with Gasteiger partial charge in [0, 0.05) is 17.8 Å². The zero-order chi connectivity index (χ0) is 17.8. The number of amides is 1. The van der Waals surface area contributed by atoms with Gasteiger partial charge in [0.25, 0.3) is 5.91 Å². The lowest BCUT2D eigenvalue weighted by Crippen LogP contribution is -2.69. The van der Waals surface area contributed by atoms with Gasteiger partial charge in [0.15, 0.2) is 0 Å². The smallest absolute Gasteiger partial charge is 0.254 e. The molecule has 1 aromatic rings. The fraction of sp³-hybridized carbons (Fsp3) is 0.722. The van der Waals surface area contributed by atoms with Gasteiger partial charge in [-0.3, -0.25) is 4.79 Å². The zero-order valence-electron chi connectivity index (χ0n) is 14.9. The average Bonchev–Trinajstić information content (AvgIpc) is 2.48. The summed E-state index contributed by atoms with van der Waals surface area (Å²) < 4.78 is 0. The van der Waals surface area contributed by atoms with Gasteiger partial charge in [0.2, 0.25) is 5.95 Å². The van der Waals surface area contributed by atoms with E-state index in [2.05, 4.69) is 34.4 Å². The summed E-state index contributed by atoms with van der Waals surface area (Å²) in [6.07, 6.45) is 7.14. The van der Waals surface area contributed by atoms with Gasteiger partial charge in [-0.05, 0) is 49.9 Å². The summed E-state index contributed by atoms with van der Waals surface area (Å²) in [5.74, 6) is 0.771. The van der Waals surface area contributed by atoms with E-state index in [9.17, 15) is 9.90 Å². The van der Waals surface area contributed by atoms with Crippen molar-refractivity contribution in [3.63, 3.8) is 0 Å². The number of carbonyl (C=O) groups excluding carboxylic acids is 1. The van der Waals surface area contributed by atoms with Crippen molar-refractivity contribution < 1.29 is 9.90 Å². The maximum absolute atomic E-state index is 11.7. The maximum atomic E-state index is 11.7. The lowest BCUT2D eigenvalue weighted by atomic mass is 9.40. The van der Waals surface area contributed by atoms with Crippen molar-refractivity contribution in [3.05, 3.63) is 11.8 Å². The largest absolute Gasteiger partial charge is 0.393 e. The van der Waals surface area contributed by atoms with E-state index in [1.54, 1.807) is 0 Å². The second-order valence-electron chi connectivity index (χ2n) is 8.77. The quantitative estimate of drug-likeness (QED) is 0.648. The van der Waals surface area contributed by atoms with Crippen LogP contribution in [0.3, 0.4) is 0 Å².